The predicted octanol–water partition coefficient (Wildman–Crippen LogP) is 2.72. The minimum atomic E-state index is -2.47. The van der Waals surface area contributed by atoms with E-state index in [1.807, 2.05) is 0 Å². The zero-order chi connectivity index (χ0) is 11.4. The van der Waals surface area contributed by atoms with E-state index in [1.165, 1.54) is 18.2 Å². The van der Waals surface area contributed by atoms with Crippen molar-refractivity contribution in [3.05, 3.63) is 28.8 Å². The van der Waals surface area contributed by atoms with Crippen LogP contribution in [-0.2, 0) is 0 Å². The molecule has 0 fully saturated rings. The molecule has 0 unspecified atom stereocenters. The third kappa shape index (κ3) is 3.36. The van der Waals surface area contributed by atoms with Gasteiger partial charge in [-0.25, -0.2) is 13.6 Å². The monoisotopic (exact) mass is 235 g/mol. The summed E-state index contributed by atoms with van der Waals surface area (Å²) >= 11 is 5.63. The Balaban J connectivity index is 2.78. The largest absolute Gasteiger partial charge is 0.478 e. The summed E-state index contributed by atoms with van der Waals surface area (Å²) in [6, 6.07) is 3.95. The van der Waals surface area contributed by atoms with E-state index < -0.39 is 18.9 Å². The van der Waals surface area contributed by atoms with E-state index in [-0.39, 0.29) is 10.6 Å². The first kappa shape index (κ1) is 11.7. The molecular weight excluding hydrogens is 228 g/mol. The molecule has 1 aromatic rings. The van der Waals surface area contributed by atoms with Crippen molar-refractivity contribution in [1.82, 2.24) is 0 Å². The van der Waals surface area contributed by atoms with Crippen LogP contribution in [0.3, 0.4) is 0 Å². The van der Waals surface area contributed by atoms with Crippen LogP contribution in [0.1, 0.15) is 10.4 Å². The summed E-state index contributed by atoms with van der Waals surface area (Å²) in [5.41, 5.74) is 0.310. The lowest BCUT2D eigenvalue weighted by Crippen LogP contribution is -2.10. The molecule has 0 aliphatic heterocycles. The minimum absolute atomic E-state index is 0.0155. The molecule has 0 heterocycles. The number of carboxylic acids is 1. The second-order valence-corrected chi connectivity index (χ2v) is 3.18. The molecule has 1 rings (SSSR count). The van der Waals surface area contributed by atoms with Crippen LogP contribution >= 0.6 is 11.6 Å². The van der Waals surface area contributed by atoms with Crippen LogP contribution in [0.25, 0.3) is 0 Å². The standard InChI is InChI=1S/C9H8ClF2NO2/c10-7-3-5(13-4-8(11)12)1-2-6(7)9(14)15/h1-3,8,13H,4H2,(H,14,15). The molecule has 3 nitrogen and oxygen atoms in total. The van der Waals surface area contributed by atoms with Gasteiger partial charge in [-0.3, -0.25) is 0 Å². The number of nitrogens with one attached hydrogen (secondary N) is 1. The van der Waals surface area contributed by atoms with Crippen molar-refractivity contribution < 1.29 is 18.7 Å². The highest BCUT2D eigenvalue weighted by Gasteiger charge is 2.09. The Morgan fingerprint density at radius 2 is 2.20 bits per heavy atom. The van der Waals surface area contributed by atoms with Crippen molar-refractivity contribution in [2.45, 2.75) is 6.43 Å². The van der Waals surface area contributed by atoms with Gasteiger partial charge >= 0.3 is 5.97 Å². The van der Waals surface area contributed by atoms with E-state index >= 15 is 0 Å². The highest BCUT2D eigenvalue weighted by molar-refractivity contribution is 6.33. The van der Waals surface area contributed by atoms with Gasteiger partial charge in [0.25, 0.3) is 6.43 Å². The fourth-order valence-corrected chi connectivity index (χ4v) is 1.25. The van der Waals surface area contributed by atoms with Crippen LogP contribution in [0.15, 0.2) is 18.2 Å². The highest BCUT2D eigenvalue weighted by atomic mass is 35.5. The lowest BCUT2D eigenvalue weighted by molar-refractivity contribution is 0.0697. The second-order valence-electron chi connectivity index (χ2n) is 2.77. The number of benzene rings is 1. The fraction of sp³-hybridized carbons (Fsp3) is 0.222. The molecule has 0 saturated heterocycles. The van der Waals surface area contributed by atoms with Crippen molar-refractivity contribution in [3.63, 3.8) is 0 Å². The molecule has 15 heavy (non-hydrogen) atoms. The molecule has 0 aliphatic carbocycles. The van der Waals surface area contributed by atoms with Gasteiger partial charge in [-0.15, -0.1) is 0 Å². The van der Waals surface area contributed by atoms with Crippen LogP contribution in [-0.4, -0.2) is 24.0 Å². The summed E-state index contributed by atoms with van der Waals surface area (Å²) in [4.78, 5) is 10.6. The molecular formula is C9H8ClF2NO2. The molecule has 2 N–H and O–H groups in total. The average molecular weight is 236 g/mol. The van der Waals surface area contributed by atoms with Crippen molar-refractivity contribution in [2.75, 3.05) is 11.9 Å². The summed E-state index contributed by atoms with van der Waals surface area (Å²) in [5.74, 6) is -1.15. The third-order valence-electron chi connectivity index (χ3n) is 1.66. The molecule has 0 amide bonds. The quantitative estimate of drug-likeness (QED) is 0.844. The van der Waals surface area contributed by atoms with E-state index in [2.05, 4.69) is 5.32 Å². The average Bonchev–Trinajstić information content (AvgIpc) is 2.14. The summed E-state index contributed by atoms with van der Waals surface area (Å²) in [6.07, 6.45) is -2.47. The van der Waals surface area contributed by atoms with E-state index in [4.69, 9.17) is 16.7 Å². The SMILES string of the molecule is O=C(O)c1ccc(NCC(F)F)cc1Cl. The van der Waals surface area contributed by atoms with Gasteiger partial charge in [-0.2, -0.15) is 0 Å². The molecule has 0 bridgehead atoms. The third-order valence-corrected chi connectivity index (χ3v) is 1.97. The van der Waals surface area contributed by atoms with E-state index in [0.717, 1.165) is 0 Å². The zero-order valence-electron chi connectivity index (χ0n) is 7.51. The molecule has 0 aromatic heterocycles. The van der Waals surface area contributed by atoms with Crippen molar-refractivity contribution in [2.24, 2.45) is 0 Å². The fourth-order valence-electron chi connectivity index (χ4n) is 0.994. The van der Waals surface area contributed by atoms with Crippen LogP contribution in [0.4, 0.5) is 14.5 Å². The Morgan fingerprint density at radius 3 is 2.67 bits per heavy atom. The molecule has 1 aromatic carbocycles. The Kier molecular flexibility index (Phi) is 3.85. The Hall–Kier alpha value is -1.36. The molecule has 6 heteroatoms. The number of carbonyl (C=O) groups is 1. The van der Waals surface area contributed by atoms with Gasteiger partial charge in [0.15, 0.2) is 0 Å². The number of halogens is 3. The number of aromatic carboxylic acids is 1. The van der Waals surface area contributed by atoms with Crippen molar-refractivity contribution in [3.8, 4) is 0 Å². The zero-order valence-corrected chi connectivity index (χ0v) is 8.26. The highest BCUT2D eigenvalue weighted by Crippen LogP contribution is 2.21. The van der Waals surface area contributed by atoms with Gasteiger partial charge in [0, 0.05) is 5.69 Å². The second kappa shape index (κ2) is 4.93. The Labute approximate surface area is 89.7 Å². The molecule has 0 aliphatic rings. The lowest BCUT2D eigenvalue weighted by atomic mass is 10.2. The number of anilines is 1. The molecule has 0 atom stereocenters. The van der Waals surface area contributed by atoms with Gasteiger partial charge in [0.1, 0.15) is 0 Å². The maximum atomic E-state index is 11.8. The van der Waals surface area contributed by atoms with E-state index in [9.17, 15) is 13.6 Å². The van der Waals surface area contributed by atoms with Crippen LogP contribution < -0.4 is 5.32 Å². The first-order chi connectivity index (χ1) is 7.00. The number of hydrogen-bond donors (Lipinski definition) is 2. The maximum Gasteiger partial charge on any atom is 0.337 e. The topological polar surface area (TPSA) is 49.3 Å². The summed E-state index contributed by atoms with van der Waals surface area (Å²) in [5, 5.41) is 11.1. The number of alkyl halides is 2. The Morgan fingerprint density at radius 1 is 1.53 bits per heavy atom. The first-order valence-corrected chi connectivity index (χ1v) is 4.43. The molecule has 0 spiro atoms. The van der Waals surface area contributed by atoms with Crippen LogP contribution in [0, 0.1) is 0 Å². The minimum Gasteiger partial charge on any atom is -0.478 e. The van der Waals surface area contributed by atoms with Gasteiger partial charge in [-0.1, -0.05) is 11.6 Å². The lowest BCUT2D eigenvalue weighted by Gasteiger charge is -2.06. The predicted molar refractivity (Wildman–Crippen MR) is 52.9 cm³/mol. The summed E-state index contributed by atoms with van der Waals surface area (Å²) < 4.78 is 23.7. The normalized spacial score (nSPS) is 10.4. The number of carboxylic acid groups (broad SMARTS) is 1. The smallest absolute Gasteiger partial charge is 0.337 e. The number of hydrogen-bond acceptors (Lipinski definition) is 2. The van der Waals surface area contributed by atoms with Gasteiger partial charge in [-0.05, 0) is 18.2 Å². The van der Waals surface area contributed by atoms with E-state index in [1.54, 1.807) is 0 Å². The van der Waals surface area contributed by atoms with Crippen LogP contribution in [0.5, 0.6) is 0 Å². The Bertz CT molecular complexity index is 371. The van der Waals surface area contributed by atoms with E-state index in [0.29, 0.717) is 5.69 Å². The van der Waals surface area contributed by atoms with Gasteiger partial charge < -0.3 is 10.4 Å². The first-order valence-electron chi connectivity index (χ1n) is 4.05. The van der Waals surface area contributed by atoms with Crippen molar-refractivity contribution >= 4 is 23.3 Å². The number of rotatable bonds is 4. The molecule has 0 saturated carbocycles. The van der Waals surface area contributed by atoms with Crippen LogP contribution in [0.2, 0.25) is 5.02 Å². The van der Waals surface area contributed by atoms with Gasteiger partial charge in [0.2, 0.25) is 0 Å². The molecule has 0 radical (unpaired) electrons. The van der Waals surface area contributed by atoms with Gasteiger partial charge in [0.05, 0.1) is 17.1 Å². The maximum absolute atomic E-state index is 11.8. The molecule has 82 valence electrons. The summed E-state index contributed by atoms with van der Waals surface area (Å²) in [6.45, 7) is -0.497. The van der Waals surface area contributed by atoms with Crippen molar-refractivity contribution in [1.29, 1.82) is 0 Å². The summed E-state index contributed by atoms with van der Waals surface area (Å²) in [7, 11) is 0.